The molecule has 0 aromatic heterocycles. The first-order valence-electron chi connectivity index (χ1n) is 6.04. The van der Waals surface area contributed by atoms with Gasteiger partial charge in [0.2, 0.25) is 0 Å². The molecule has 1 N–H and O–H groups in total. The molecule has 100 valence electrons. The molecule has 1 saturated heterocycles. The number of rotatable bonds is 3. The van der Waals surface area contributed by atoms with E-state index in [0.29, 0.717) is 17.9 Å². The molecule has 1 heterocycles. The van der Waals surface area contributed by atoms with Crippen molar-refractivity contribution in [2.75, 3.05) is 20.2 Å². The molecular formula is C13H16BrF2NO. The highest BCUT2D eigenvalue weighted by molar-refractivity contribution is 9.10. The van der Waals surface area contributed by atoms with Gasteiger partial charge in [0.15, 0.2) is 17.4 Å². The summed E-state index contributed by atoms with van der Waals surface area (Å²) in [5.74, 6) is -1.10. The van der Waals surface area contributed by atoms with E-state index in [1.54, 1.807) is 0 Å². The molecule has 2 nitrogen and oxygen atoms in total. The number of benzene rings is 1. The Morgan fingerprint density at radius 2 is 2.00 bits per heavy atom. The summed E-state index contributed by atoms with van der Waals surface area (Å²) in [5, 5.41) is 3.27. The van der Waals surface area contributed by atoms with Crippen LogP contribution in [0.3, 0.4) is 0 Å². The zero-order valence-corrected chi connectivity index (χ0v) is 11.8. The van der Waals surface area contributed by atoms with Gasteiger partial charge >= 0.3 is 0 Å². The van der Waals surface area contributed by atoms with Crippen molar-refractivity contribution in [3.63, 3.8) is 0 Å². The smallest absolute Gasteiger partial charge is 0.191 e. The van der Waals surface area contributed by atoms with Crippen LogP contribution in [0.2, 0.25) is 0 Å². The number of hydrogen-bond acceptors (Lipinski definition) is 2. The molecule has 1 aromatic rings. The van der Waals surface area contributed by atoms with Crippen molar-refractivity contribution in [2.45, 2.75) is 19.3 Å². The van der Waals surface area contributed by atoms with Gasteiger partial charge in [-0.3, -0.25) is 0 Å². The van der Waals surface area contributed by atoms with Gasteiger partial charge in [-0.05, 0) is 65.8 Å². The van der Waals surface area contributed by atoms with E-state index < -0.39 is 11.6 Å². The maximum absolute atomic E-state index is 14.1. The number of ether oxygens (including phenoxy) is 1. The third-order valence-electron chi connectivity index (χ3n) is 3.36. The molecule has 0 saturated carbocycles. The number of halogens is 3. The molecule has 0 atom stereocenters. The second-order valence-corrected chi connectivity index (χ2v) is 5.43. The lowest BCUT2D eigenvalue weighted by molar-refractivity contribution is 0.345. The van der Waals surface area contributed by atoms with Crippen molar-refractivity contribution in [2.24, 2.45) is 5.92 Å². The van der Waals surface area contributed by atoms with Gasteiger partial charge in [-0.15, -0.1) is 0 Å². The van der Waals surface area contributed by atoms with Crippen molar-refractivity contribution >= 4 is 15.9 Å². The molecule has 1 aliphatic heterocycles. The van der Waals surface area contributed by atoms with E-state index in [2.05, 4.69) is 21.2 Å². The molecule has 0 aliphatic carbocycles. The van der Waals surface area contributed by atoms with E-state index in [0.717, 1.165) is 25.9 Å². The lowest BCUT2D eigenvalue weighted by atomic mass is 9.90. The molecule has 0 radical (unpaired) electrons. The molecule has 0 unspecified atom stereocenters. The summed E-state index contributed by atoms with van der Waals surface area (Å²) >= 11 is 3.10. The summed E-state index contributed by atoms with van der Waals surface area (Å²) < 4.78 is 32.7. The Morgan fingerprint density at radius 3 is 2.61 bits per heavy atom. The van der Waals surface area contributed by atoms with E-state index in [1.165, 1.54) is 13.2 Å². The molecule has 1 aromatic carbocycles. The van der Waals surface area contributed by atoms with Crippen LogP contribution in [0.4, 0.5) is 8.78 Å². The third-order valence-corrected chi connectivity index (χ3v) is 3.94. The van der Waals surface area contributed by atoms with Crippen molar-refractivity contribution in [1.82, 2.24) is 5.32 Å². The first kappa shape index (κ1) is 13.7. The van der Waals surface area contributed by atoms with E-state index in [1.807, 2.05) is 0 Å². The minimum atomic E-state index is -0.677. The van der Waals surface area contributed by atoms with Crippen LogP contribution in [0.25, 0.3) is 0 Å². The average Bonchev–Trinajstić information content (AvgIpc) is 2.38. The van der Waals surface area contributed by atoms with Crippen LogP contribution in [0.15, 0.2) is 10.5 Å². The molecular weight excluding hydrogens is 304 g/mol. The molecule has 1 aliphatic rings. The Kier molecular flexibility index (Phi) is 4.56. The molecule has 2 rings (SSSR count). The fourth-order valence-corrected chi connectivity index (χ4v) is 2.81. The predicted octanol–water partition coefficient (Wildman–Crippen LogP) is 3.28. The van der Waals surface area contributed by atoms with E-state index >= 15 is 0 Å². The summed E-state index contributed by atoms with van der Waals surface area (Å²) in [6, 6.07) is 1.52. The van der Waals surface area contributed by atoms with E-state index in [4.69, 9.17) is 4.74 Å². The van der Waals surface area contributed by atoms with Crippen molar-refractivity contribution in [3.8, 4) is 5.75 Å². The van der Waals surface area contributed by atoms with Gasteiger partial charge in [0.25, 0.3) is 0 Å². The van der Waals surface area contributed by atoms with Crippen LogP contribution in [0.5, 0.6) is 5.75 Å². The zero-order chi connectivity index (χ0) is 13.1. The molecule has 1 fully saturated rings. The Morgan fingerprint density at radius 1 is 1.33 bits per heavy atom. The topological polar surface area (TPSA) is 21.3 Å². The van der Waals surface area contributed by atoms with Crippen LogP contribution >= 0.6 is 15.9 Å². The quantitative estimate of drug-likeness (QED) is 0.863. The molecule has 0 bridgehead atoms. The number of piperidine rings is 1. The monoisotopic (exact) mass is 319 g/mol. The van der Waals surface area contributed by atoms with Crippen LogP contribution in [-0.4, -0.2) is 20.2 Å². The maximum Gasteiger partial charge on any atom is 0.191 e. The minimum absolute atomic E-state index is 0.254. The Balaban J connectivity index is 2.24. The summed E-state index contributed by atoms with van der Waals surface area (Å²) in [7, 11) is 1.28. The van der Waals surface area contributed by atoms with Crippen molar-refractivity contribution in [1.29, 1.82) is 0 Å². The van der Waals surface area contributed by atoms with E-state index in [9.17, 15) is 8.78 Å². The first-order valence-corrected chi connectivity index (χ1v) is 6.84. The second-order valence-electron chi connectivity index (χ2n) is 4.58. The Bertz CT molecular complexity index is 433. The van der Waals surface area contributed by atoms with Crippen molar-refractivity contribution in [3.05, 3.63) is 27.7 Å². The normalized spacial score (nSPS) is 16.9. The summed E-state index contributed by atoms with van der Waals surface area (Å²) in [4.78, 5) is 0. The lowest BCUT2D eigenvalue weighted by Crippen LogP contribution is -2.28. The first-order chi connectivity index (χ1) is 8.63. The fourth-order valence-electron chi connectivity index (χ4n) is 2.35. The average molecular weight is 320 g/mol. The highest BCUT2D eigenvalue weighted by atomic mass is 79.9. The summed E-state index contributed by atoms with van der Waals surface area (Å²) in [5.41, 5.74) is 0.520. The number of hydrogen-bond donors (Lipinski definition) is 1. The maximum atomic E-state index is 14.1. The Hall–Kier alpha value is -0.680. The molecule has 0 amide bonds. The van der Waals surface area contributed by atoms with Gasteiger partial charge < -0.3 is 10.1 Å². The van der Waals surface area contributed by atoms with Crippen LogP contribution in [0.1, 0.15) is 18.4 Å². The van der Waals surface area contributed by atoms with Gasteiger partial charge in [-0.1, -0.05) is 0 Å². The minimum Gasteiger partial charge on any atom is -0.491 e. The van der Waals surface area contributed by atoms with Gasteiger partial charge in [0.1, 0.15) is 0 Å². The van der Waals surface area contributed by atoms with Crippen molar-refractivity contribution < 1.29 is 13.5 Å². The molecule has 18 heavy (non-hydrogen) atoms. The molecule has 5 heteroatoms. The van der Waals surface area contributed by atoms with Gasteiger partial charge in [-0.25, -0.2) is 8.78 Å². The SMILES string of the molecule is COc1c(F)c(Br)cc(CC2CCNCC2)c1F. The van der Waals surface area contributed by atoms with Gasteiger partial charge in [0, 0.05) is 0 Å². The third kappa shape index (κ3) is 2.83. The number of methoxy groups -OCH3 is 1. The lowest BCUT2D eigenvalue weighted by Gasteiger charge is -2.23. The van der Waals surface area contributed by atoms with Crippen LogP contribution in [0, 0.1) is 17.6 Å². The standard InChI is InChI=1S/C13H16BrF2NO/c1-18-13-11(15)9(7-10(14)12(13)16)6-8-2-4-17-5-3-8/h7-8,17H,2-6H2,1H3. The summed E-state index contributed by atoms with van der Waals surface area (Å²) in [6.45, 7) is 1.93. The summed E-state index contributed by atoms with van der Waals surface area (Å²) in [6.07, 6.45) is 2.68. The second kappa shape index (κ2) is 5.97. The molecule has 0 spiro atoms. The van der Waals surface area contributed by atoms with Crippen LogP contribution in [-0.2, 0) is 6.42 Å². The van der Waals surface area contributed by atoms with Gasteiger partial charge in [0.05, 0.1) is 11.6 Å². The highest BCUT2D eigenvalue weighted by Gasteiger charge is 2.21. The van der Waals surface area contributed by atoms with E-state index in [-0.39, 0.29) is 10.2 Å². The highest BCUT2D eigenvalue weighted by Crippen LogP contribution is 2.32. The van der Waals surface area contributed by atoms with Crippen LogP contribution < -0.4 is 10.1 Å². The predicted molar refractivity (Wildman–Crippen MR) is 69.9 cm³/mol. The zero-order valence-electron chi connectivity index (χ0n) is 10.2. The number of nitrogens with one attached hydrogen (secondary N) is 1. The van der Waals surface area contributed by atoms with Gasteiger partial charge in [-0.2, -0.15) is 0 Å². The Labute approximate surface area is 114 Å². The largest absolute Gasteiger partial charge is 0.491 e. The fraction of sp³-hybridized carbons (Fsp3) is 0.538.